The van der Waals surface area contributed by atoms with Crippen LogP contribution in [0.15, 0.2) is 71.1 Å². The summed E-state index contributed by atoms with van der Waals surface area (Å²) in [4.78, 5) is 0. The molecule has 4 aromatic rings. The Morgan fingerprint density at radius 2 is 1.61 bits per heavy atom. The number of hydrogen-bond acceptors (Lipinski definition) is 4. The zero-order valence-electron chi connectivity index (χ0n) is 19.7. The molecule has 1 heterocycles. The van der Waals surface area contributed by atoms with E-state index in [4.69, 9.17) is 4.42 Å². The van der Waals surface area contributed by atoms with Gasteiger partial charge >= 0.3 is 0 Å². The van der Waals surface area contributed by atoms with Crippen LogP contribution in [0.2, 0.25) is 0 Å². The first kappa shape index (κ1) is 22.9. The lowest BCUT2D eigenvalue weighted by Gasteiger charge is -2.10. The first-order chi connectivity index (χ1) is 16.3. The second-order valence-corrected chi connectivity index (χ2v) is 8.43. The van der Waals surface area contributed by atoms with Crippen LogP contribution in [0.25, 0.3) is 33.9 Å². The lowest BCUT2D eigenvalue weighted by molar-refractivity contribution is 0.558. The molecule has 4 rings (SSSR count). The lowest BCUT2D eigenvalue weighted by Crippen LogP contribution is -2.14. The van der Waals surface area contributed by atoms with Crippen molar-refractivity contribution in [2.75, 3.05) is 6.54 Å². The minimum Gasteiger partial charge on any atom is -0.417 e. The van der Waals surface area contributed by atoms with Crippen LogP contribution >= 0.6 is 0 Å². The lowest BCUT2D eigenvalue weighted by atomic mass is 9.99. The van der Waals surface area contributed by atoms with Crippen molar-refractivity contribution in [1.82, 2.24) is 15.5 Å². The summed E-state index contributed by atoms with van der Waals surface area (Å²) in [5, 5.41) is 14.7. The highest BCUT2D eigenvalue weighted by atomic mass is 16.4. The Labute approximate surface area is 196 Å². The molecule has 0 bridgehead atoms. The van der Waals surface area contributed by atoms with Crippen LogP contribution in [-0.2, 0) is 6.54 Å². The molecular formula is C29H33N3O. The van der Waals surface area contributed by atoms with Gasteiger partial charge in [0, 0.05) is 18.2 Å². The van der Waals surface area contributed by atoms with Crippen LogP contribution < -0.4 is 5.32 Å². The second-order valence-electron chi connectivity index (χ2n) is 8.43. The van der Waals surface area contributed by atoms with Gasteiger partial charge in [0.15, 0.2) is 0 Å². The molecule has 0 radical (unpaired) electrons. The van der Waals surface area contributed by atoms with Crippen LogP contribution in [-0.4, -0.2) is 16.7 Å². The fourth-order valence-electron chi connectivity index (χ4n) is 4.10. The molecule has 0 aliphatic heterocycles. The average Bonchev–Trinajstić information content (AvgIpc) is 3.33. The first-order valence-electron chi connectivity index (χ1n) is 12.1. The van der Waals surface area contributed by atoms with Crippen molar-refractivity contribution in [1.29, 1.82) is 0 Å². The molecule has 0 unspecified atom stereocenters. The first-order valence-corrected chi connectivity index (χ1v) is 12.1. The van der Waals surface area contributed by atoms with Gasteiger partial charge in [-0.1, -0.05) is 87.4 Å². The minimum atomic E-state index is 0.550. The van der Waals surface area contributed by atoms with Gasteiger partial charge in [-0.05, 0) is 59.3 Å². The fraction of sp³-hybridized carbons (Fsp3) is 0.310. The third-order valence-electron chi connectivity index (χ3n) is 5.95. The van der Waals surface area contributed by atoms with E-state index in [1.54, 1.807) is 0 Å². The van der Waals surface area contributed by atoms with Crippen LogP contribution in [0.5, 0.6) is 0 Å². The molecule has 33 heavy (non-hydrogen) atoms. The van der Waals surface area contributed by atoms with Crippen molar-refractivity contribution < 1.29 is 4.42 Å². The molecule has 170 valence electrons. The van der Waals surface area contributed by atoms with E-state index in [0.29, 0.717) is 11.8 Å². The van der Waals surface area contributed by atoms with Gasteiger partial charge in [0.1, 0.15) is 0 Å². The molecule has 1 aromatic heterocycles. The molecule has 0 atom stereocenters. The van der Waals surface area contributed by atoms with Crippen LogP contribution in [0.1, 0.15) is 63.0 Å². The molecule has 3 aromatic carbocycles. The number of hydrogen-bond donors (Lipinski definition) is 1. The Hall–Kier alpha value is -3.24. The summed E-state index contributed by atoms with van der Waals surface area (Å²) in [6.45, 7) is 6.32. The molecule has 0 amide bonds. The molecule has 4 nitrogen and oxygen atoms in total. The fourth-order valence-corrected chi connectivity index (χ4v) is 4.10. The van der Waals surface area contributed by atoms with Gasteiger partial charge in [0.05, 0.1) is 0 Å². The standard InChI is InChI=1S/C29H33N3O/c1-3-5-12-23(22-13-8-7-9-14-22)20-28-31-32-29(33-28)27-18-17-24(21-30-19-6-4-2)25-15-10-11-16-26(25)27/h7-11,13-18,20,30H,3-6,12,19,21H2,1-2H3/b23-20+. The molecular weight excluding hydrogens is 406 g/mol. The maximum Gasteiger partial charge on any atom is 0.248 e. The summed E-state index contributed by atoms with van der Waals surface area (Å²) in [6, 6.07) is 23.2. The largest absolute Gasteiger partial charge is 0.417 e. The van der Waals surface area contributed by atoms with Crippen molar-refractivity contribution in [3.8, 4) is 11.5 Å². The Balaban J connectivity index is 1.64. The van der Waals surface area contributed by atoms with E-state index < -0.39 is 0 Å². The number of benzene rings is 3. The molecule has 0 spiro atoms. The van der Waals surface area contributed by atoms with Crippen molar-refractivity contribution in [2.45, 2.75) is 52.5 Å². The van der Waals surface area contributed by atoms with Gasteiger partial charge in [-0.3, -0.25) is 0 Å². The Kier molecular flexibility index (Phi) is 8.04. The Morgan fingerprint density at radius 1 is 0.848 bits per heavy atom. The zero-order chi connectivity index (χ0) is 22.9. The summed E-state index contributed by atoms with van der Waals surface area (Å²) < 4.78 is 6.15. The monoisotopic (exact) mass is 439 g/mol. The van der Waals surface area contributed by atoms with Crippen molar-refractivity contribution in [2.24, 2.45) is 0 Å². The normalized spacial score (nSPS) is 11.9. The van der Waals surface area contributed by atoms with Crippen molar-refractivity contribution in [3.05, 3.63) is 83.7 Å². The molecule has 0 saturated heterocycles. The highest BCUT2D eigenvalue weighted by Crippen LogP contribution is 2.31. The van der Waals surface area contributed by atoms with Gasteiger partial charge in [-0.25, -0.2) is 0 Å². The van der Waals surface area contributed by atoms with E-state index in [1.807, 2.05) is 12.1 Å². The number of rotatable bonds is 11. The van der Waals surface area contributed by atoms with Gasteiger partial charge < -0.3 is 9.73 Å². The predicted molar refractivity (Wildman–Crippen MR) is 138 cm³/mol. The summed E-state index contributed by atoms with van der Waals surface area (Å²) in [6.07, 6.45) is 7.68. The van der Waals surface area contributed by atoms with Crippen molar-refractivity contribution in [3.63, 3.8) is 0 Å². The predicted octanol–water partition coefficient (Wildman–Crippen LogP) is 7.51. The number of unbranched alkanes of at least 4 members (excludes halogenated alkanes) is 2. The molecule has 0 fully saturated rings. The zero-order valence-corrected chi connectivity index (χ0v) is 19.7. The SMILES string of the molecule is CCCCNCc1ccc(-c2nnc(/C=C(\CCCC)c3ccccc3)o2)c2ccccc12. The summed E-state index contributed by atoms with van der Waals surface area (Å²) in [5.74, 6) is 1.11. The number of nitrogens with one attached hydrogen (secondary N) is 1. The average molecular weight is 440 g/mol. The van der Waals surface area contributed by atoms with E-state index >= 15 is 0 Å². The molecule has 1 N–H and O–H groups in total. The third-order valence-corrected chi connectivity index (χ3v) is 5.95. The topological polar surface area (TPSA) is 51.0 Å². The number of fused-ring (bicyclic) bond motifs is 1. The van der Waals surface area contributed by atoms with E-state index in [1.165, 1.54) is 34.9 Å². The third kappa shape index (κ3) is 5.77. The highest BCUT2D eigenvalue weighted by molar-refractivity contribution is 5.96. The van der Waals surface area contributed by atoms with Gasteiger partial charge in [-0.2, -0.15) is 0 Å². The molecule has 0 aliphatic rings. The number of aromatic nitrogens is 2. The van der Waals surface area contributed by atoms with Crippen LogP contribution in [0, 0.1) is 0 Å². The van der Waals surface area contributed by atoms with Crippen LogP contribution in [0.3, 0.4) is 0 Å². The minimum absolute atomic E-state index is 0.550. The smallest absolute Gasteiger partial charge is 0.248 e. The summed E-state index contributed by atoms with van der Waals surface area (Å²) >= 11 is 0. The summed E-state index contributed by atoms with van der Waals surface area (Å²) in [7, 11) is 0. The molecule has 0 saturated carbocycles. The van der Waals surface area contributed by atoms with Gasteiger partial charge in [0.25, 0.3) is 0 Å². The van der Waals surface area contributed by atoms with E-state index in [0.717, 1.165) is 43.3 Å². The van der Waals surface area contributed by atoms with E-state index in [9.17, 15) is 0 Å². The highest BCUT2D eigenvalue weighted by Gasteiger charge is 2.14. The summed E-state index contributed by atoms with van der Waals surface area (Å²) in [5.41, 5.74) is 4.70. The Morgan fingerprint density at radius 3 is 2.39 bits per heavy atom. The number of nitrogens with zero attached hydrogens (tertiary/aromatic N) is 2. The quantitative estimate of drug-likeness (QED) is 0.246. The molecule has 0 aliphatic carbocycles. The van der Waals surface area contributed by atoms with E-state index in [2.05, 4.69) is 90.0 Å². The van der Waals surface area contributed by atoms with Crippen LogP contribution in [0.4, 0.5) is 0 Å². The number of allylic oxidation sites excluding steroid dienone is 1. The maximum atomic E-state index is 6.15. The van der Waals surface area contributed by atoms with Gasteiger partial charge in [0.2, 0.25) is 11.8 Å². The second kappa shape index (κ2) is 11.6. The van der Waals surface area contributed by atoms with Gasteiger partial charge in [-0.15, -0.1) is 10.2 Å². The van der Waals surface area contributed by atoms with E-state index in [-0.39, 0.29) is 0 Å². The molecule has 4 heteroatoms. The van der Waals surface area contributed by atoms with Crippen molar-refractivity contribution >= 4 is 22.4 Å². The Bertz CT molecular complexity index is 1190. The maximum absolute atomic E-state index is 6.15.